The van der Waals surface area contributed by atoms with E-state index in [1.807, 2.05) is 4.90 Å². The Morgan fingerprint density at radius 3 is 2.59 bits per heavy atom. The molecule has 0 saturated carbocycles. The smallest absolute Gasteiger partial charge is 0.316 e. The van der Waals surface area contributed by atoms with Gasteiger partial charge >= 0.3 is 6.01 Å². The Labute approximate surface area is 131 Å². The van der Waals surface area contributed by atoms with E-state index in [2.05, 4.69) is 15.0 Å². The van der Waals surface area contributed by atoms with Gasteiger partial charge in [0.15, 0.2) is 5.75 Å². The zero-order valence-electron chi connectivity index (χ0n) is 12.1. The standard InChI is InChI=1S/C14H16N4O3S/c1-20-11-6-15-14(16-7-11)21-10-2-4-18(5-3-10)13(19)12-8-22-9-17-12/h6-10H,2-5H2,1H3. The summed E-state index contributed by atoms with van der Waals surface area (Å²) in [5.74, 6) is 0.580. The predicted octanol–water partition coefficient (Wildman–Crippen LogP) is 1.63. The monoisotopic (exact) mass is 320 g/mol. The van der Waals surface area contributed by atoms with Crippen LogP contribution in [0.3, 0.4) is 0 Å². The first kappa shape index (κ1) is 14.7. The van der Waals surface area contributed by atoms with E-state index >= 15 is 0 Å². The van der Waals surface area contributed by atoms with Gasteiger partial charge in [-0.1, -0.05) is 0 Å². The molecule has 0 radical (unpaired) electrons. The van der Waals surface area contributed by atoms with E-state index in [0.717, 1.165) is 12.8 Å². The average Bonchev–Trinajstić information content (AvgIpc) is 3.10. The Morgan fingerprint density at radius 2 is 2.00 bits per heavy atom. The molecule has 0 bridgehead atoms. The second kappa shape index (κ2) is 6.69. The van der Waals surface area contributed by atoms with Gasteiger partial charge in [-0.2, -0.15) is 9.97 Å². The van der Waals surface area contributed by atoms with Gasteiger partial charge in [-0.05, 0) is 0 Å². The van der Waals surface area contributed by atoms with Crippen LogP contribution in [0.15, 0.2) is 23.3 Å². The minimum atomic E-state index is -0.0135. The molecule has 8 heteroatoms. The Hall–Kier alpha value is -2.22. The van der Waals surface area contributed by atoms with Gasteiger partial charge in [0, 0.05) is 31.3 Å². The molecule has 0 spiro atoms. The van der Waals surface area contributed by atoms with E-state index < -0.39 is 0 Å². The fourth-order valence-electron chi connectivity index (χ4n) is 2.28. The maximum absolute atomic E-state index is 12.2. The number of carbonyl (C=O) groups excluding carboxylic acids is 1. The highest BCUT2D eigenvalue weighted by Crippen LogP contribution is 2.18. The van der Waals surface area contributed by atoms with Crippen molar-refractivity contribution < 1.29 is 14.3 Å². The molecular formula is C14H16N4O3S. The molecule has 2 aromatic heterocycles. The van der Waals surface area contributed by atoms with Crippen LogP contribution in [0.1, 0.15) is 23.3 Å². The molecule has 3 heterocycles. The fourth-order valence-corrected chi connectivity index (χ4v) is 2.80. The molecule has 0 atom stereocenters. The number of piperidine rings is 1. The largest absolute Gasteiger partial charge is 0.494 e. The molecule has 1 amide bonds. The van der Waals surface area contributed by atoms with Gasteiger partial charge in [-0.3, -0.25) is 4.79 Å². The van der Waals surface area contributed by atoms with E-state index in [9.17, 15) is 4.79 Å². The van der Waals surface area contributed by atoms with Crippen LogP contribution in [0.2, 0.25) is 0 Å². The quantitative estimate of drug-likeness (QED) is 0.852. The van der Waals surface area contributed by atoms with Crippen LogP contribution in [0.4, 0.5) is 0 Å². The minimum absolute atomic E-state index is 0.0135. The molecule has 7 nitrogen and oxygen atoms in total. The van der Waals surface area contributed by atoms with Crippen molar-refractivity contribution in [3.05, 3.63) is 29.0 Å². The summed E-state index contributed by atoms with van der Waals surface area (Å²) in [6.45, 7) is 1.30. The fraction of sp³-hybridized carbons (Fsp3) is 0.429. The van der Waals surface area contributed by atoms with Crippen molar-refractivity contribution in [3.8, 4) is 11.8 Å². The van der Waals surface area contributed by atoms with Gasteiger partial charge in [0.25, 0.3) is 5.91 Å². The number of carbonyl (C=O) groups is 1. The van der Waals surface area contributed by atoms with Crippen molar-refractivity contribution in [1.29, 1.82) is 0 Å². The highest BCUT2D eigenvalue weighted by Gasteiger charge is 2.26. The van der Waals surface area contributed by atoms with Gasteiger partial charge in [-0.15, -0.1) is 11.3 Å². The van der Waals surface area contributed by atoms with E-state index in [4.69, 9.17) is 9.47 Å². The first-order valence-corrected chi connectivity index (χ1v) is 7.90. The van der Waals surface area contributed by atoms with Crippen molar-refractivity contribution >= 4 is 17.2 Å². The average molecular weight is 320 g/mol. The lowest BCUT2D eigenvalue weighted by atomic mass is 10.1. The van der Waals surface area contributed by atoms with Crippen LogP contribution in [0.25, 0.3) is 0 Å². The number of nitrogens with zero attached hydrogens (tertiary/aromatic N) is 4. The molecule has 1 aliphatic heterocycles. The lowest BCUT2D eigenvalue weighted by Gasteiger charge is -2.31. The third kappa shape index (κ3) is 3.33. The number of likely N-dealkylation sites (tertiary alicyclic amines) is 1. The summed E-state index contributed by atoms with van der Waals surface area (Å²) in [7, 11) is 1.56. The number of thiazole rings is 1. The van der Waals surface area contributed by atoms with E-state index in [1.165, 1.54) is 11.3 Å². The van der Waals surface area contributed by atoms with Gasteiger partial charge in [0.05, 0.1) is 25.0 Å². The molecule has 22 heavy (non-hydrogen) atoms. The van der Waals surface area contributed by atoms with Gasteiger partial charge in [-0.25, -0.2) is 4.98 Å². The molecule has 2 aromatic rings. The topological polar surface area (TPSA) is 77.4 Å². The van der Waals surface area contributed by atoms with Crippen molar-refractivity contribution in [2.45, 2.75) is 18.9 Å². The molecule has 0 unspecified atom stereocenters. The number of methoxy groups -OCH3 is 1. The zero-order valence-corrected chi connectivity index (χ0v) is 13.0. The van der Waals surface area contributed by atoms with Crippen LogP contribution < -0.4 is 9.47 Å². The Kier molecular flexibility index (Phi) is 4.47. The van der Waals surface area contributed by atoms with Gasteiger partial charge in [0.2, 0.25) is 0 Å². The first-order chi connectivity index (χ1) is 10.8. The summed E-state index contributed by atoms with van der Waals surface area (Å²) >= 11 is 1.43. The predicted molar refractivity (Wildman–Crippen MR) is 80.3 cm³/mol. The lowest BCUT2D eigenvalue weighted by molar-refractivity contribution is 0.0574. The summed E-state index contributed by atoms with van der Waals surface area (Å²) in [5, 5.41) is 1.77. The second-order valence-corrected chi connectivity index (χ2v) is 5.61. The summed E-state index contributed by atoms with van der Waals surface area (Å²) in [4.78, 5) is 26.2. The van der Waals surface area contributed by atoms with Crippen LogP contribution >= 0.6 is 11.3 Å². The molecule has 1 fully saturated rings. The molecule has 0 N–H and O–H groups in total. The first-order valence-electron chi connectivity index (χ1n) is 6.96. The van der Waals surface area contributed by atoms with Gasteiger partial charge < -0.3 is 14.4 Å². The Balaban J connectivity index is 1.52. The number of ether oxygens (including phenoxy) is 2. The Morgan fingerprint density at radius 1 is 1.27 bits per heavy atom. The number of hydrogen-bond donors (Lipinski definition) is 0. The maximum Gasteiger partial charge on any atom is 0.316 e. The molecule has 0 aliphatic carbocycles. The summed E-state index contributed by atoms with van der Waals surface area (Å²) in [6.07, 6.45) is 4.68. The van der Waals surface area contributed by atoms with E-state index in [1.54, 1.807) is 30.4 Å². The van der Waals surface area contributed by atoms with Crippen LogP contribution in [0, 0.1) is 0 Å². The third-order valence-electron chi connectivity index (χ3n) is 3.49. The molecule has 0 aromatic carbocycles. The number of hydrogen-bond acceptors (Lipinski definition) is 7. The minimum Gasteiger partial charge on any atom is -0.494 e. The van der Waals surface area contributed by atoms with Crippen LogP contribution in [-0.4, -0.2) is 52.1 Å². The summed E-state index contributed by atoms with van der Waals surface area (Å²) < 4.78 is 10.7. The third-order valence-corrected chi connectivity index (χ3v) is 4.08. The zero-order chi connectivity index (χ0) is 15.4. The molecule has 1 aliphatic rings. The second-order valence-electron chi connectivity index (χ2n) is 4.89. The lowest BCUT2D eigenvalue weighted by Crippen LogP contribution is -2.42. The Bertz CT molecular complexity index is 610. The number of aromatic nitrogens is 3. The van der Waals surface area contributed by atoms with Gasteiger partial charge in [0.1, 0.15) is 11.8 Å². The highest BCUT2D eigenvalue weighted by molar-refractivity contribution is 7.07. The van der Waals surface area contributed by atoms with Crippen molar-refractivity contribution in [2.75, 3.05) is 20.2 Å². The molecule has 116 valence electrons. The van der Waals surface area contributed by atoms with E-state index in [-0.39, 0.29) is 12.0 Å². The normalized spacial score (nSPS) is 15.6. The molecule has 3 rings (SSSR count). The van der Waals surface area contributed by atoms with Crippen molar-refractivity contribution in [2.24, 2.45) is 0 Å². The molecular weight excluding hydrogens is 304 g/mol. The summed E-state index contributed by atoms with van der Waals surface area (Å²) in [5.41, 5.74) is 2.19. The van der Waals surface area contributed by atoms with E-state index in [0.29, 0.717) is 30.5 Å². The van der Waals surface area contributed by atoms with Crippen molar-refractivity contribution in [3.63, 3.8) is 0 Å². The highest BCUT2D eigenvalue weighted by atomic mass is 32.1. The van der Waals surface area contributed by atoms with Crippen LogP contribution in [-0.2, 0) is 0 Å². The number of rotatable bonds is 4. The maximum atomic E-state index is 12.2. The van der Waals surface area contributed by atoms with Crippen molar-refractivity contribution in [1.82, 2.24) is 19.9 Å². The van der Waals surface area contributed by atoms with Crippen LogP contribution in [0.5, 0.6) is 11.8 Å². The summed E-state index contributed by atoms with van der Waals surface area (Å²) in [6, 6.07) is 0.338. The molecule has 1 saturated heterocycles. The number of amides is 1. The SMILES string of the molecule is COc1cnc(OC2CCN(C(=O)c3cscn3)CC2)nc1.